The molecule has 9 heteroatoms. The Morgan fingerprint density at radius 1 is 1.11 bits per heavy atom. The van der Waals surface area contributed by atoms with Crippen molar-refractivity contribution in [3.05, 3.63) is 59.7 Å². The number of benzene rings is 2. The zero-order chi connectivity index (χ0) is 25.2. The molecule has 9 nitrogen and oxygen atoms in total. The van der Waals surface area contributed by atoms with Crippen LogP contribution in [0.3, 0.4) is 0 Å². The van der Waals surface area contributed by atoms with Gasteiger partial charge in [0.25, 0.3) is 0 Å². The number of hydrogen-bond donors (Lipinski definition) is 2. The predicted octanol–water partition coefficient (Wildman–Crippen LogP) is 2.63. The van der Waals surface area contributed by atoms with Gasteiger partial charge in [-0.1, -0.05) is 48.5 Å². The van der Waals surface area contributed by atoms with Gasteiger partial charge in [-0.3, -0.25) is 4.79 Å². The normalized spacial score (nSPS) is 19.6. The molecule has 0 radical (unpaired) electrons. The van der Waals surface area contributed by atoms with E-state index in [0.29, 0.717) is 0 Å². The van der Waals surface area contributed by atoms with Crippen LogP contribution in [0.15, 0.2) is 48.5 Å². The van der Waals surface area contributed by atoms with Gasteiger partial charge in [0.2, 0.25) is 11.5 Å². The third-order valence-corrected chi connectivity index (χ3v) is 6.53. The first-order valence-corrected chi connectivity index (χ1v) is 11.5. The summed E-state index contributed by atoms with van der Waals surface area (Å²) in [5.74, 6) is -1.74. The lowest BCUT2D eigenvalue weighted by Gasteiger charge is -2.42. The molecular weight excluding hydrogens is 452 g/mol. The van der Waals surface area contributed by atoms with Crippen molar-refractivity contribution in [2.45, 2.75) is 30.9 Å². The maximum absolute atomic E-state index is 13.2. The van der Waals surface area contributed by atoms with E-state index in [2.05, 4.69) is 17.4 Å². The second-order valence-corrected chi connectivity index (χ2v) is 9.38. The first-order valence-electron chi connectivity index (χ1n) is 11.5. The molecule has 1 aliphatic heterocycles. The average molecular weight is 483 g/mol. The van der Waals surface area contributed by atoms with E-state index in [-0.39, 0.29) is 38.8 Å². The Balaban J connectivity index is 1.41. The van der Waals surface area contributed by atoms with Crippen LogP contribution >= 0.6 is 0 Å². The molecule has 0 spiro atoms. The molecule has 2 aromatic rings. The molecule has 1 heterocycles. The molecule has 1 unspecified atom stereocenters. The summed E-state index contributed by atoms with van der Waals surface area (Å²) in [4.78, 5) is 39.1. The highest BCUT2D eigenvalue weighted by molar-refractivity contribution is 5.90. The Kier molecular flexibility index (Phi) is 6.82. The van der Waals surface area contributed by atoms with Crippen LogP contribution in [0, 0.1) is 0 Å². The number of carboxylic acids is 1. The van der Waals surface area contributed by atoms with Crippen LogP contribution < -0.4 is 5.32 Å². The second kappa shape index (κ2) is 9.67. The van der Waals surface area contributed by atoms with Crippen molar-refractivity contribution >= 4 is 18.0 Å². The summed E-state index contributed by atoms with van der Waals surface area (Å²) in [5.41, 5.74) is 1.46. The molecule has 2 N–H and O–H groups in total. The molecule has 1 aliphatic carbocycles. The van der Waals surface area contributed by atoms with Gasteiger partial charge >= 0.3 is 12.1 Å². The van der Waals surface area contributed by atoms with E-state index in [1.165, 1.54) is 12.0 Å². The number of morpholine rings is 1. The Bertz CT molecular complexity index is 1080. The first-order chi connectivity index (χ1) is 16.7. The van der Waals surface area contributed by atoms with Gasteiger partial charge in [0.1, 0.15) is 12.1 Å². The Morgan fingerprint density at radius 2 is 1.71 bits per heavy atom. The zero-order valence-electron chi connectivity index (χ0n) is 20.1. The van der Waals surface area contributed by atoms with Crippen molar-refractivity contribution in [2.24, 2.45) is 0 Å². The fourth-order valence-corrected chi connectivity index (χ4v) is 4.81. The number of ether oxygens (including phenoxy) is 3. The number of alkyl carbamates (subject to hydrolysis) is 1. The lowest BCUT2D eigenvalue weighted by atomic mass is 9.98. The van der Waals surface area contributed by atoms with Gasteiger partial charge in [0, 0.05) is 19.6 Å². The first kappa shape index (κ1) is 24.7. The molecular formula is C26H30N2O7. The monoisotopic (exact) mass is 482 g/mol. The highest BCUT2D eigenvalue weighted by atomic mass is 16.6. The summed E-state index contributed by atoms with van der Waals surface area (Å²) in [7, 11) is 1.37. The van der Waals surface area contributed by atoms with Gasteiger partial charge in [-0.2, -0.15) is 0 Å². The summed E-state index contributed by atoms with van der Waals surface area (Å²) in [6.07, 6.45) is -0.722. The van der Waals surface area contributed by atoms with Gasteiger partial charge in [-0.05, 0) is 36.1 Å². The van der Waals surface area contributed by atoms with E-state index < -0.39 is 29.1 Å². The number of carbonyl (C=O) groups excluding carboxylic acids is 2. The van der Waals surface area contributed by atoms with Crippen LogP contribution in [0.4, 0.5) is 4.79 Å². The number of amides is 2. The minimum absolute atomic E-state index is 0.0441. The highest BCUT2D eigenvalue weighted by Gasteiger charge is 2.47. The number of hydrogen-bond acceptors (Lipinski definition) is 6. The molecule has 0 aromatic heterocycles. The lowest BCUT2D eigenvalue weighted by molar-refractivity contribution is -0.190. The number of carbonyl (C=O) groups is 3. The number of fused-ring (bicyclic) bond motifs is 3. The summed E-state index contributed by atoms with van der Waals surface area (Å²) in [5, 5.41) is 12.3. The minimum atomic E-state index is -1.65. The number of rotatable bonds is 7. The van der Waals surface area contributed by atoms with E-state index in [9.17, 15) is 19.5 Å². The number of nitrogens with one attached hydrogen (secondary N) is 1. The van der Waals surface area contributed by atoms with Crippen LogP contribution in [0.25, 0.3) is 11.1 Å². The Morgan fingerprint density at radius 3 is 2.29 bits per heavy atom. The largest absolute Gasteiger partial charge is 0.479 e. The fourth-order valence-electron chi connectivity index (χ4n) is 4.81. The van der Waals surface area contributed by atoms with Crippen LogP contribution in [0.1, 0.15) is 30.9 Å². The summed E-state index contributed by atoms with van der Waals surface area (Å²) >= 11 is 0. The molecule has 35 heavy (non-hydrogen) atoms. The number of methoxy groups -OCH3 is 1. The summed E-state index contributed by atoms with van der Waals surface area (Å²) < 4.78 is 16.1. The van der Waals surface area contributed by atoms with Crippen LogP contribution in [-0.2, 0) is 23.8 Å². The molecule has 2 amide bonds. The molecule has 2 aromatic carbocycles. The number of carboxylic acid groups (broad SMARTS) is 1. The van der Waals surface area contributed by atoms with Gasteiger partial charge in [0.05, 0.1) is 19.8 Å². The fraction of sp³-hybridized carbons (Fsp3) is 0.423. The molecule has 1 saturated heterocycles. The Labute approximate surface area is 204 Å². The van der Waals surface area contributed by atoms with Crippen LogP contribution in [0.5, 0.6) is 0 Å². The van der Waals surface area contributed by atoms with E-state index in [4.69, 9.17) is 14.2 Å². The van der Waals surface area contributed by atoms with Crippen molar-refractivity contribution in [2.75, 3.05) is 40.0 Å². The van der Waals surface area contributed by atoms with Crippen LogP contribution in [-0.4, -0.2) is 79.1 Å². The zero-order valence-corrected chi connectivity index (χ0v) is 20.1. The third-order valence-electron chi connectivity index (χ3n) is 6.53. The van der Waals surface area contributed by atoms with Gasteiger partial charge in [-0.15, -0.1) is 0 Å². The smallest absolute Gasteiger partial charge is 0.408 e. The van der Waals surface area contributed by atoms with Gasteiger partial charge in [0.15, 0.2) is 0 Å². The topological polar surface area (TPSA) is 114 Å². The quantitative estimate of drug-likeness (QED) is 0.624. The molecule has 186 valence electrons. The SMILES string of the molecule is COCC1(C(=O)O)CN(C(=O)C(C)(C)NC(=O)OCC2c3ccccc3-c3ccccc32)CCO1. The minimum Gasteiger partial charge on any atom is -0.479 e. The maximum atomic E-state index is 13.2. The van der Waals surface area contributed by atoms with Crippen LogP contribution in [0.2, 0.25) is 0 Å². The van der Waals surface area contributed by atoms with Crippen molar-refractivity contribution in [1.82, 2.24) is 10.2 Å². The third kappa shape index (κ3) is 4.74. The molecule has 1 fully saturated rings. The van der Waals surface area contributed by atoms with Gasteiger partial charge in [-0.25, -0.2) is 9.59 Å². The molecule has 0 saturated carbocycles. The van der Waals surface area contributed by atoms with E-state index in [0.717, 1.165) is 22.3 Å². The van der Waals surface area contributed by atoms with E-state index in [1.807, 2.05) is 36.4 Å². The van der Waals surface area contributed by atoms with Crippen molar-refractivity contribution in [1.29, 1.82) is 0 Å². The lowest BCUT2D eigenvalue weighted by Crippen LogP contribution is -2.64. The summed E-state index contributed by atoms with van der Waals surface area (Å²) in [6, 6.07) is 16.1. The highest BCUT2D eigenvalue weighted by Crippen LogP contribution is 2.44. The molecule has 0 bridgehead atoms. The molecule has 4 rings (SSSR count). The predicted molar refractivity (Wildman–Crippen MR) is 127 cm³/mol. The maximum Gasteiger partial charge on any atom is 0.408 e. The van der Waals surface area contributed by atoms with Crippen molar-refractivity contribution in [3.8, 4) is 11.1 Å². The van der Waals surface area contributed by atoms with Crippen molar-refractivity contribution < 1.29 is 33.7 Å². The van der Waals surface area contributed by atoms with Crippen molar-refractivity contribution in [3.63, 3.8) is 0 Å². The summed E-state index contributed by atoms with van der Waals surface area (Å²) in [6.45, 7) is 3.10. The second-order valence-electron chi connectivity index (χ2n) is 9.38. The standard InChI is InChI=1S/C26H30N2O7/c1-25(2,22(29)28-12-13-35-26(15-28,16-33-3)23(30)31)27-24(32)34-14-21-19-10-6-4-8-17(19)18-9-5-7-11-20(18)21/h4-11,21H,12-16H2,1-3H3,(H,27,32)(H,30,31). The van der Waals surface area contributed by atoms with Gasteiger partial charge < -0.3 is 29.5 Å². The Hall–Kier alpha value is -3.43. The molecule has 2 aliphatic rings. The average Bonchev–Trinajstić information content (AvgIpc) is 3.16. The molecule has 1 atom stereocenters. The van der Waals surface area contributed by atoms with E-state index >= 15 is 0 Å². The van der Waals surface area contributed by atoms with E-state index in [1.54, 1.807) is 13.8 Å². The number of aliphatic carboxylic acids is 1. The number of nitrogens with zero attached hydrogens (tertiary/aromatic N) is 1.